The maximum absolute atomic E-state index is 16.8. The van der Waals surface area contributed by atoms with Crippen LogP contribution in [-0.2, 0) is 38.3 Å². The zero-order valence-corrected chi connectivity index (χ0v) is 45.9. The first-order valence-electron chi connectivity index (χ1n) is 27.3. The molecule has 0 saturated carbocycles. The zero-order chi connectivity index (χ0) is 56.7. The van der Waals surface area contributed by atoms with Crippen LogP contribution < -0.4 is 25.2 Å². The summed E-state index contributed by atoms with van der Waals surface area (Å²) in [4.78, 5) is 58.3. The van der Waals surface area contributed by atoms with E-state index in [2.05, 4.69) is 48.2 Å². The first-order chi connectivity index (χ1) is 39.8. The molecule has 3 aliphatic heterocycles. The number of anilines is 4. The number of pyridine rings is 1. The second-order valence-electron chi connectivity index (χ2n) is 20.9. The van der Waals surface area contributed by atoms with Gasteiger partial charge in [-0.3, -0.25) is 29.1 Å². The molecule has 416 valence electrons. The van der Waals surface area contributed by atoms with E-state index in [1.807, 2.05) is 108 Å². The number of carbonyl (C=O) groups is 3. The molecule has 9 aromatic rings. The van der Waals surface area contributed by atoms with Gasteiger partial charge in [-0.15, -0.1) is 0 Å². The van der Waals surface area contributed by atoms with Crippen molar-refractivity contribution in [3.05, 3.63) is 215 Å². The highest BCUT2D eigenvalue weighted by Gasteiger charge is 2.41. The third-order valence-corrected chi connectivity index (χ3v) is 17.6. The fourth-order valence-corrected chi connectivity index (χ4v) is 12.5. The van der Waals surface area contributed by atoms with Gasteiger partial charge in [-0.25, -0.2) is 23.7 Å². The highest BCUT2D eigenvalue weighted by molar-refractivity contribution is 7.90. The van der Waals surface area contributed by atoms with Crippen LogP contribution in [0.4, 0.5) is 31.8 Å². The fraction of sp³-hybridized carbons (Fsp3) is 0.242. The molecule has 3 aliphatic rings. The predicted molar refractivity (Wildman–Crippen MR) is 310 cm³/mol. The number of ketones is 1. The van der Waals surface area contributed by atoms with Crippen LogP contribution in [0, 0.1) is 11.6 Å². The van der Waals surface area contributed by atoms with E-state index >= 15 is 13.6 Å². The molecule has 0 bridgehead atoms. The number of halogens is 2. The van der Waals surface area contributed by atoms with Crippen molar-refractivity contribution in [2.75, 3.05) is 53.1 Å². The van der Waals surface area contributed by atoms with E-state index in [1.54, 1.807) is 37.8 Å². The quantitative estimate of drug-likeness (QED) is 0.0473. The van der Waals surface area contributed by atoms with Crippen LogP contribution >= 0.6 is 0 Å². The molecule has 82 heavy (non-hydrogen) atoms. The Labute approximate surface area is 472 Å². The van der Waals surface area contributed by atoms with Crippen molar-refractivity contribution in [1.29, 1.82) is 0 Å². The SMILES string of the molecule is CCN(C)S(=O)(=O)Nc1ccc(F)c(C(=O)c2cn(C(c3ccccc3)(c3ccccc3)c3ccccc3)c3ncc(-c4cnc(N5CCC(n6cc7c(n6)CCN(c6ccc(NC8CCC(=O)NC8=O)cc6)C7)CC5)nc4)cc23)c1F. The number of amides is 2. The minimum absolute atomic E-state index is 0.0730. The Hall–Kier alpha value is -9.14. The third-order valence-electron chi connectivity index (χ3n) is 16.0. The number of aromatic nitrogens is 6. The molecule has 20 heteroatoms. The molecule has 3 N–H and O–H groups in total. The second-order valence-corrected chi connectivity index (χ2v) is 22.7. The van der Waals surface area contributed by atoms with Crippen molar-refractivity contribution in [2.24, 2.45) is 0 Å². The summed E-state index contributed by atoms with van der Waals surface area (Å²) >= 11 is 0. The van der Waals surface area contributed by atoms with Crippen LogP contribution in [0.1, 0.15) is 82.5 Å². The molecule has 4 aromatic heterocycles. The van der Waals surface area contributed by atoms with Crippen LogP contribution in [0.15, 0.2) is 164 Å². The van der Waals surface area contributed by atoms with Gasteiger partial charge in [-0.05, 0) is 78.4 Å². The number of nitrogens with one attached hydrogen (secondary N) is 3. The van der Waals surface area contributed by atoms with Gasteiger partial charge in [0.15, 0.2) is 5.82 Å². The number of rotatable bonds is 16. The van der Waals surface area contributed by atoms with Crippen molar-refractivity contribution >= 4 is 61.9 Å². The van der Waals surface area contributed by atoms with Gasteiger partial charge in [0, 0.05) is 117 Å². The summed E-state index contributed by atoms with van der Waals surface area (Å²) < 4.78 is 66.3. The average molecular weight is 1120 g/mol. The maximum atomic E-state index is 16.8. The highest BCUT2D eigenvalue weighted by atomic mass is 32.2. The van der Waals surface area contributed by atoms with Gasteiger partial charge in [0.1, 0.15) is 23.0 Å². The van der Waals surface area contributed by atoms with Crippen LogP contribution in [-0.4, -0.2) is 98.9 Å². The van der Waals surface area contributed by atoms with Crippen molar-refractivity contribution in [2.45, 2.75) is 63.2 Å². The smallest absolute Gasteiger partial charge is 0.301 e. The summed E-state index contributed by atoms with van der Waals surface area (Å²) in [5, 5.41) is 11.0. The van der Waals surface area contributed by atoms with Crippen molar-refractivity contribution < 1.29 is 31.6 Å². The van der Waals surface area contributed by atoms with Gasteiger partial charge in [0.05, 0.1) is 28.6 Å². The summed E-state index contributed by atoms with van der Waals surface area (Å²) in [6, 6.07) is 40.6. The van der Waals surface area contributed by atoms with E-state index in [4.69, 9.17) is 20.1 Å². The van der Waals surface area contributed by atoms with E-state index in [1.165, 1.54) is 12.6 Å². The standard InChI is InChI=1S/C62H58F2N12O5S/c1-3-72(2)82(80,81)71-53-24-23-51(63)56(57(53)64)58(78)50-39-75(62(43-13-7-4-8-14-43,44-15-9-5-10-16-44)45-17-11-6-12-18-45)59-49(50)33-40(34-65-59)41-35-66-61(67-36-41)73-30-27-48(28-31-73)76-38-42-37-74(32-29-52(42)70-76)47-21-19-46(20-22-47)68-54-25-26-55(77)69-60(54)79/h4-24,33-36,38-39,48,54,68,71H,3,25-32,37H2,1-2H3,(H,69,77,79). The second kappa shape index (κ2) is 22.1. The molecule has 1 unspecified atom stereocenters. The Morgan fingerprint density at radius 3 is 2.01 bits per heavy atom. The minimum atomic E-state index is -4.26. The number of imide groups is 1. The van der Waals surface area contributed by atoms with Gasteiger partial charge in [0.2, 0.25) is 23.5 Å². The Morgan fingerprint density at radius 1 is 0.756 bits per heavy atom. The lowest BCUT2D eigenvalue weighted by atomic mass is 9.76. The number of hydrogen-bond acceptors (Lipinski definition) is 12. The lowest BCUT2D eigenvalue weighted by Gasteiger charge is -2.38. The molecule has 0 spiro atoms. The number of hydrogen-bond donors (Lipinski definition) is 3. The number of nitrogens with zero attached hydrogens (tertiary/aromatic N) is 9. The Bertz CT molecular complexity index is 3870. The lowest BCUT2D eigenvalue weighted by Crippen LogP contribution is -2.47. The van der Waals surface area contributed by atoms with Gasteiger partial charge in [0.25, 0.3) is 0 Å². The van der Waals surface area contributed by atoms with Gasteiger partial charge < -0.3 is 19.7 Å². The summed E-state index contributed by atoms with van der Waals surface area (Å²) in [5.74, 6) is -3.55. The first kappa shape index (κ1) is 53.5. The predicted octanol–water partition coefficient (Wildman–Crippen LogP) is 9.27. The van der Waals surface area contributed by atoms with Crippen molar-refractivity contribution in [3.63, 3.8) is 0 Å². The van der Waals surface area contributed by atoms with Gasteiger partial charge in [-0.2, -0.15) is 17.8 Å². The van der Waals surface area contributed by atoms with Crippen LogP contribution in [0.3, 0.4) is 0 Å². The highest BCUT2D eigenvalue weighted by Crippen LogP contribution is 2.45. The van der Waals surface area contributed by atoms with Gasteiger partial charge >= 0.3 is 10.2 Å². The fourth-order valence-electron chi connectivity index (χ4n) is 11.5. The largest absolute Gasteiger partial charge is 0.374 e. The zero-order valence-electron chi connectivity index (χ0n) is 45.0. The molecule has 17 nitrogen and oxygen atoms in total. The monoisotopic (exact) mass is 1120 g/mol. The summed E-state index contributed by atoms with van der Waals surface area (Å²) in [6.07, 6.45) is 12.1. The number of fused-ring (bicyclic) bond motifs is 2. The maximum Gasteiger partial charge on any atom is 0.301 e. The first-order valence-corrected chi connectivity index (χ1v) is 28.8. The Kier molecular flexibility index (Phi) is 14.4. The number of carbonyl (C=O) groups excluding carboxylic acids is 3. The minimum Gasteiger partial charge on any atom is -0.374 e. The van der Waals surface area contributed by atoms with Crippen LogP contribution in [0.25, 0.3) is 22.2 Å². The molecule has 2 amide bonds. The lowest BCUT2D eigenvalue weighted by molar-refractivity contribution is -0.133. The van der Waals surface area contributed by atoms with E-state index in [0.29, 0.717) is 48.7 Å². The molecule has 2 fully saturated rings. The molecule has 2 saturated heterocycles. The summed E-state index contributed by atoms with van der Waals surface area (Å²) in [7, 11) is -2.95. The Balaban J connectivity index is 0.824. The Morgan fingerprint density at radius 2 is 1.39 bits per heavy atom. The molecule has 0 radical (unpaired) electrons. The number of piperidine rings is 2. The van der Waals surface area contributed by atoms with E-state index in [-0.39, 0.29) is 35.4 Å². The van der Waals surface area contributed by atoms with Crippen LogP contribution in [0.2, 0.25) is 0 Å². The molecule has 1 atom stereocenters. The third kappa shape index (κ3) is 10.0. The van der Waals surface area contributed by atoms with E-state index in [0.717, 1.165) is 82.5 Å². The average Bonchev–Trinajstić information content (AvgIpc) is 2.40. The van der Waals surface area contributed by atoms with Crippen molar-refractivity contribution in [3.8, 4) is 11.1 Å². The van der Waals surface area contributed by atoms with Crippen LogP contribution in [0.5, 0.6) is 0 Å². The molecular formula is C62H58F2N12O5S. The van der Waals surface area contributed by atoms with E-state index < -0.39 is 50.5 Å². The molecule has 5 aromatic carbocycles. The summed E-state index contributed by atoms with van der Waals surface area (Å²) in [6.45, 7) is 4.63. The normalized spacial score (nSPS) is 16.1. The molecular weight excluding hydrogens is 1060 g/mol. The topological polar surface area (TPSA) is 193 Å². The molecule has 0 aliphatic carbocycles. The molecule has 12 rings (SSSR count). The summed E-state index contributed by atoms with van der Waals surface area (Å²) in [5.41, 5.74) is 5.30. The molecule has 7 heterocycles. The van der Waals surface area contributed by atoms with Crippen molar-refractivity contribution in [1.82, 2.24) is 38.9 Å². The van der Waals surface area contributed by atoms with E-state index in [9.17, 15) is 18.0 Å². The van der Waals surface area contributed by atoms with Gasteiger partial charge in [-0.1, -0.05) is 97.9 Å². The number of benzene rings is 5.